The number of hydrogen-bond donors (Lipinski definition) is 2. The molecule has 0 aromatic heterocycles. The van der Waals surface area contributed by atoms with E-state index in [0.717, 1.165) is 34.6 Å². The van der Waals surface area contributed by atoms with E-state index in [2.05, 4.69) is 38.7 Å². The van der Waals surface area contributed by atoms with Gasteiger partial charge in [0.1, 0.15) is 5.75 Å². The molecule has 0 bridgehead atoms. The van der Waals surface area contributed by atoms with E-state index < -0.39 is 0 Å². The van der Waals surface area contributed by atoms with Crippen LogP contribution in [0.15, 0.2) is 46.9 Å². The number of halogens is 1. The lowest BCUT2D eigenvalue weighted by Crippen LogP contribution is -2.25. The zero-order chi connectivity index (χ0) is 14.7. The Morgan fingerprint density at radius 1 is 1.10 bits per heavy atom. The quantitative estimate of drug-likeness (QED) is 0.894. The van der Waals surface area contributed by atoms with Crippen LogP contribution in [-0.4, -0.2) is 12.5 Å². The van der Waals surface area contributed by atoms with E-state index in [1.165, 1.54) is 5.56 Å². The molecule has 0 aliphatic carbocycles. The lowest BCUT2D eigenvalue weighted by Gasteiger charge is -2.18. The number of anilines is 1. The van der Waals surface area contributed by atoms with E-state index >= 15 is 0 Å². The molecule has 1 aliphatic rings. The summed E-state index contributed by atoms with van der Waals surface area (Å²) in [5, 5.41) is 6.20. The molecule has 1 aliphatic heterocycles. The minimum Gasteiger partial charge on any atom is -0.482 e. The zero-order valence-corrected chi connectivity index (χ0v) is 12.9. The Balaban J connectivity index is 1.59. The van der Waals surface area contributed by atoms with Gasteiger partial charge in [0.2, 0.25) is 0 Å². The fourth-order valence-corrected chi connectivity index (χ4v) is 2.46. The van der Waals surface area contributed by atoms with Crippen molar-refractivity contribution in [1.29, 1.82) is 0 Å². The van der Waals surface area contributed by atoms with E-state index in [9.17, 15) is 4.79 Å². The second-order valence-electron chi connectivity index (χ2n) is 4.90. The van der Waals surface area contributed by atoms with E-state index in [4.69, 9.17) is 4.74 Å². The normalized spacial score (nSPS) is 13.3. The molecule has 1 heterocycles. The smallest absolute Gasteiger partial charge is 0.262 e. The topological polar surface area (TPSA) is 50.4 Å². The van der Waals surface area contributed by atoms with Crippen molar-refractivity contribution in [2.24, 2.45) is 0 Å². The number of carbonyl (C=O) groups is 1. The number of rotatable bonds is 4. The minimum absolute atomic E-state index is 0.0914. The van der Waals surface area contributed by atoms with Crippen molar-refractivity contribution in [2.45, 2.75) is 13.1 Å². The fraction of sp³-hybridized carbons (Fsp3) is 0.188. The van der Waals surface area contributed by atoms with Crippen molar-refractivity contribution >= 4 is 27.5 Å². The Hall–Kier alpha value is -1.85. The number of ether oxygens (including phenoxy) is 1. The highest BCUT2D eigenvalue weighted by Gasteiger charge is 2.15. The summed E-state index contributed by atoms with van der Waals surface area (Å²) in [5.74, 6) is 0.619. The summed E-state index contributed by atoms with van der Waals surface area (Å²) in [6, 6.07) is 14.1. The molecule has 3 rings (SSSR count). The Morgan fingerprint density at radius 2 is 1.81 bits per heavy atom. The molecule has 2 aromatic carbocycles. The standard InChI is InChI=1S/C16H15BrN2O2/c17-13-4-1-11(2-5-13)8-18-9-12-3-6-15-14(7-12)19-16(20)10-21-15/h1-7,18H,8-10H2,(H,19,20). The Labute approximate surface area is 131 Å². The van der Waals surface area contributed by atoms with Crippen LogP contribution in [0.4, 0.5) is 5.69 Å². The first-order valence-electron chi connectivity index (χ1n) is 6.71. The maximum absolute atomic E-state index is 11.3. The van der Waals surface area contributed by atoms with Gasteiger partial charge in [-0.1, -0.05) is 34.1 Å². The molecule has 0 fully saturated rings. The Morgan fingerprint density at radius 3 is 2.62 bits per heavy atom. The fourth-order valence-electron chi connectivity index (χ4n) is 2.19. The third-order valence-corrected chi connectivity index (χ3v) is 3.78. The number of amides is 1. The largest absolute Gasteiger partial charge is 0.482 e. The maximum atomic E-state index is 11.3. The van der Waals surface area contributed by atoms with Gasteiger partial charge < -0.3 is 15.4 Å². The highest BCUT2D eigenvalue weighted by molar-refractivity contribution is 9.10. The first kappa shape index (κ1) is 14.1. The highest BCUT2D eigenvalue weighted by Crippen LogP contribution is 2.28. The summed E-state index contributed by atoms with van der Waals surface area (Å²) in [5.41, 5.74) is 3.08. The summed E-state index contributed by atoms with van der Waals surface area (Å²) in [6.45, 7) is 1.63. The van der Waals surface area contributed by atoms with Gasteiger partial charge in [-0.15, -0.1) is 0 Å². The first-order chi connectivity index (χ1) is 10.2. The van der Waals surface area contributed by atoms with Crippen molar-refractivity contribution < 1.29 is 9.53 Å². The molecular weight excluding hydrogens is 332 g/mol. The molecular formula is C16H15BrN2O2. The van der Waals surface area contributed by atoms with Crippen molar-refractivity contribution in [3.05, 3.63) is 58.1 Å². The van der Waals surface area contributed by atoms with Crippen LogP contribution in [-0.2, 0) is 17.9 Å². The van der Waals surface area contributed by atoms with E-state index in [0.29, 0.717) is 0 Å². The maximum Gasteiger partial charge on any atom is 0.262 e. The summed E-state index contributed by atoms with van der Waals surface area (Å²) >= 11 is 3.42. The number of fused-ring (bicyclic) bond motifs is 1. The van der Waals surface area contributed by atoms with Gasteiger partial charge in [0.25, 0.3) is 5.91 Å². The summed E-state index contributed by atoms with van der Waals surface area (Å²) in [7, 11) is 0. The van der Waals surface area contributed by atoms with Gasteiger partial charge in [0.05, 0.1) is 5.69 Å². The van der Waals surface area contributed by atoms with Crippen molar-refractivity contribution in [2.75, 3.05) is 11.9 Å². The Bertz CT molecular complexity index is 656. The monoisotopic (exact) mass is 346 g/mol. The molecule has 0 saturated carbocycles. The molecule has 0 radical (unpaired) electrons. The first-order valence-corrected chi connectivity index (χ1v) is 7.51. The predicted molar refractivity (Wildman–Crippen MR) is 85.3 cm³/mol. The molecule has 0 spiro atoms. The molecule has 0 atom stereocenters. The predicted octanol–water partition coefficient (Wildman–Crippen LogP) is 3.07. The van der Waals surface area contributed by atoms with Crippen LogP contribution < -0.4 is 15.4 Å². The number of benzene rings is 2. The van der Waals surface area contributed by atoms with Crippen LogP contribution >= 0.6 is 15.9 Å². The number of carbonyl (C=O) groups excluding carboxylic acids is 1. The summed E-state index contributed by atoms with van der Waals surface area (Å²) in [4.78, 5) is 11.3. The Kier molecular flexibility index (Phi) is 4.22. The summed E-state index contributed by atoms with van der Waals surface area (Å²) < 4.78 is 6.42. The van der Waals surface area contributed by atoms with Crippen LogP contribution in [0.2, 0.25) is 0 Å². The van der Waals surface area contributed by atoms with E-state index in [1.54, 1.807) is 0 Å². The van der Waals surface area contributed by atoms with Crippen molar-refractivity contribution in [3.63, 3.8) is 0 Å². The van der Waals surface area contributed by atoms with Gasteiger partial charge >= 0.3 is 0 Å². The molecule has 2 aromatic rings. The molecule has 0 unspecified atom stereocenters. The lowest BCUT2D eigenvalue weighted by atomic mass is 10.1. The average molecular weight is 347 g/mol. The average Bonchev–Trinajstić information content (AvgIpc) is 2.49. The van der Waals surface area contributed by atoms with Crippen LogP contribution in [0.25, 0.3) is 0 Å². The molecule has 2 N–H and O–H groups in total. The molecule has 108 valence electrons. The van der Waals surface area contributed by atoms with Gasteiger partial charge in [0.15, 0.2) is 6.61 Å². The molecule has 4 nitrogen and oxygen atoms in total. The van der Waals surface area contributed by atoms with E-state index in [-0.39, 0.29) is 12.5 Å². The minimum atomic E-state index is -0.109. The lowest BCUT2D eigenvalue weighted by molar-refractivity contribution is -0.118. The van der Waals surface area contributed by atoms with Crippen LogP contribution in [0.5, 0.6) is 5.75 Å². The SMILES string of the molecule is O=C1COc2ccc(CNCc3ccc(Br)cc3)cc2N1. The van der Waals surface area contributed by atoms with Crippen LogP contribution in [0.1, 0.15) is 11.1 Å². The molecule has 0 saturated heterocycles. The van der Waals surface area contributed by atoms with E-state index in [1.807, 2.05) is 30.3 Å². The number of nitrogens with one attached hydrogen (secondary N) is 2. The zero-order valence-electron chi connectivity index (χ0n) is 11.4. The second kappa shape index (κ2) is 6.28. The van der Waals surface area contributed by atoms with Crippen molar-refractivity contribution in [1.82, 2.24) is 5.32 Å². The van der Waals surface area contributed by atoms with Gasteiger partial charge in [-0.05, 0) is 35.4 Å². The third kappa shape index (κ3) is 3.62. The number of hydrogen-bond acceptors (Lipinski definition) is 3. The summed E-state index contributed by atoms with van der Waals surface area (Å²) in [6.07, 6.45) is 0. The van der Waals surface area contributed by atoms with Gasteiger partial charge in [-0.2, -0.15) is 0 Å². The highest BCUT2D eigenvalue weighted by atomic mass is 79.9. The molecule has 21 heavy (non-hydrogen) atoms. The van der Waals surface area contributed by atoms with Gasteiger partial charge in [-0.25, -0.2) is 0 Å². The van der Waals surface area contributed by atoms with Gasteiger partial charge in [0, 0.05) is 17.6 Å². The van der Waals surface area contributed by atoms with Crippen LogP contribution in [0.3, 0.4) is 0 Å². The second-order valence-corrected chi connectivity index (χ2v) is 5.81. The van der Waals surface area contributed by atoms with Crippen LogP contribution in [0, 0.1) is 0 Å². The van der Waals surface area contributed by atoms with Crippen molar-refractivity contribution in [3.8, 4) is 5.75 Å². The molecule has 5 heteroatoms. The van der Waals surface area contributed by atoms with Gasteiger partial charge in [-0.3, -0.25) is 4.79 Å². The third-order valence-electron chi connectivity index (χ3n) is 3.25. The molecule has 1 amide bonds.